The molecule has 0 radical (unpaired) electrons. The lowest BCUT2D eigenvalue weighted by Crippen LogP contribution is -2.37. The van der Waals surface area contributed by atoms with E-state index in [0.29, 0.717) is 31.9 Å². The molecule has 0 unspecified atom stereocenters. The summed E-state index contributed by atoms with van der Waals surface area (Å²) in [5, 5.41) is 5.69. The fourth-order valence-electron chi connectivity index (χ4n) is 3.35. The highest BCUT2D eigenvalue weighted by atomic mass is 32.1. The quantitative estimate of drug-likeness (QED) is 0.505. The zero-order valence-electron chi connectivity index (χ0n) is 17.9. The lowest BCUT2D eigenvalue weighted by Gasteiger charge is -2.29. The topological polar surface area (TPSA) is 71.5 Å². The average Bonchev–Trinajstić information content (AvgIpc) is 3.31. The third-order valence-electron chi connectivity index (χ3n) is 5.07. The first-order valence-electron chi connectivity index (χ1n) is 10.8. The lowest BCUT2D eigenvalue weighted by molar-refractivity contribution is -0.126. The van der Waals surface area contributed by atoms with Crippen molar-refractivity contribution < 1.29 is 14.3 Å². The summed E-state index contributed by atoms with van der Waals surface area (Å²) in [5.74, 6) is 5.67. The molecule has 1 aliphatic rings. The van der Waals surface area contributed by atoms with E-state index in [0.717, 1.165) is 42.9 Å². The molecule has 2 amide bonds. The van der Waals surface area contributed by atoms with Gasteiger partial charge in [-0.25, -0.2) is 4.98 Å². The third-order valence-corrected chi connectivity index (χ3v) is 6.08. The second-order valence-electron chi connectivity index (χ2n) is 7.48. The minimum Gasteiger partial charge on any atom is -0.381 e. The molecule has 0 bridgehead atoms. The maximum atomic E-state index is 12.4. The highest BCUT2D eigenvalue weighted by Gasteiger charge is 2.25. The molecule has 1 saturated heterocycles. The summed E-state index contributed by atoms with van der Waals surface area (Å²) in [6, 6.07) is 9.52. The summed E-state index contributed by atoms with van der Waals surface area (Å²) in [6.45, 7) is 5.39. The minimum atomic E-state index is -0.137. The average molecular weight is 440 g/mol. The normalized spacial score (nSPS) is 14.0. The maximum absolute atomic E-state index is 12.4. The Kier molecular flexibility index (Phi) is 9.07. The molecule has 0 saturated carbocycles. The number of benzene rings is 1. The van der Waals surface area contributed by atoms with Crippen LogP contribution >= 0.6 is 11.3 Å². The Morgan fingerprint density at radius 1 is 1.23 bits per heavy atom. The van der Waals surface area contributed by atoms with E-state index in [-0.39, 0.29) is 17.7 Å². The van der Waals surface area contributed by atoms with Crippen molar-refractivity contribution in [2.45, 2.75) is 38.5 Å². The number of rotatable bonds is 8. The first kappa shape index (κ1) is 23.0. The van der Waals surface area contributed by atoms with E-state index in [1.807, 2.05) is 35.7 Å². The second kappa shape index (κ2) is 12.2. The first-order chi connectivity index (χ1) is 15.2. The molecule has 7 heteroatoms. The summed E-state index contributed by atoms with van der Waals surface area (Å²) in [5.41, 5.74) is 1.31. The van der Waals surface area contributed by atoms with E-state index < -0.39 is 0 Å². The van der Waals surface area contributed by atoms with Crippen molar-refractivity contribution in [3.63, 3.8) is 0 Å². The van der Waals surface area contributed by atoms with Gasteiger partial charge < -0.3 is 15.0 Å². The van der Waals surface area contributed by atoms with Crippen LogP contribution in [0.1, 0.15) is 59.6 Å². The van der Waals surface area contributed by atoms with Gasteiger partial charge in [-0.1, -0.05) is 31.0 Å². The van der Waals surface area contributed by atoms with Gasteiger partial charge in [-0.05, 0) is 37.8 Å². The summed E-state index contributed by atoms with van der Waals surface area (Å²) in [4.78, 5) is 31.0. The van der Waals surface area contributed by atoms with Crippen molar-refractivity contribution in [3.8, 4) is 11.8 Å². The largest absolute Gasteiger partial charge is 0.381 e. The van der Waals surface area contributed by atoms with Crippen molar-refractivity contribution in [1.82, 2.24) is 15.2 Å². The van der Waals surface area contributed by atoms with Crippen LogP contribution < -0.4 is 5.32 Å². The predicted octanol–water partition coefficient (Wildman–Crippen LogP) is 3.45. The van der Waals surface area contributed by atoms with Crippen LogP contribution in [-0.2, 0) is 9.53 Å². The van der Waals surface area contributed by atoms with Gasteiger partial charge in [0.25, 0.3) is 11.8 Å². The number of piperidine rings is 1. The zero-order chi connectivity index (χ0) is 21.9. The molecule has 6 nitrogen and oxygen atoms in total. The highest BCUT2D eigenvalue weighted by molar-refractivity contribution is 7.09. The molecule has 164 valence electrons. The van der Waals surface area contributed by atoms with E-state index in [1.165, 1.54) is 11.3 Å². The molecule has 0 spiro atoms. The summed E-state index contributed by atoms with van der Waals surface area (Å²) < 4.78 is 5.42. The SMILES string of the molecule is CCCOCCCNC(=O)c1csc(C2CCN(C(=O)C#Cc3ccccc3)CC2)n1. The van der Waals surface area contributed by atoms with E-state index in [9.17, 15) is 9.59 Å². The lowest BCUT2D eigenvalue weighted by atomic mass is 9.97. The number of nitrogens with zero attached hydrogens (tertiary/aromatic N) is 2. The number of hydrogen-bond acceptors (Lipinski definition) is 5. The Balaban J connectivity index is 1.43. The van der Waals surface area contributed by atoms with Crippen LogP contribution in [0.25, 0.3) is 0 Å². The molecule has 31 heavy (non-hydrogen) atoms. The van der Waals surface area contributed by atoms with Crippen LogP contribution in [0.5, 0.6) is 0 Å². The summed E-state index contributed by atoms with van der Waals surface area (Å²) in [6.07, 6.45) is 3.47. The maximum Gasteiger partial charge on any atom is 0.298 e. The second-order valence-corrected chi connectivity index (χ2v) is 8.36. The van der Waals surface area contributed by atoms with Crippen molar-refractivity contribution in [2.75, 3.05) is 32.8 Å². The van der Waals surface area contributed by atoms with E-state index in [1.54, 1.807) is 4.90 Å². The Morgan fingerprint density at radius 3 is 2.74 bits per heavy atom. The number of ether oxygens (including phenoxy) is 1. The number of thiazole rings is 1. The molecule has 1 aromatic carbocycles. The molecule has 2 heterocycles. The number of amides is 2. The van der Waals surface area contributed by atoms with Crippen LogP contribution in [0.3, 0.4) is 0 Å². The molecule has 0 atom stereocenters. The van der Waals surface area contributed by atoms with Crippen molar-refractivity contribution in [1.29, 1.82) is 0 Å². The molecule has 2 aromatic rings. The molecule has 0 aliphatic carbocycles. The Hall–Kier alpha value is -2.69. The van der Waals surface area contributed by atoms with Gasteiger partial charge in [0.05, 0.1) is 5.01 Å². The van der Waals surface area contributed by atoms with Crippen molar-refractivity contribution in [2.24, 2.45) is 0 Å². The fourth-order valence-corrected chi connectivity index (χ4v) is 4.32. The van der Waals surface area contributed by atoms with E-state index >= 15 is 0 Å². The Morgan fingerprint density at radius 2 is 2.00 bits per heavy atom. The van der Waals surface area contributed by atoms with Crippen LogP contribution in [0.15, 0.2) is 35.7 Å². The summed E-state index contributed by atoms with van der Waals surface area (Å²) >= 11 is 1.52. The first-order valence-corrected chi connectivity index (χ1v) is 11.7. The minimum absolute atomic E-state index is 0.135. The number of nitrogens with one attached hydrogen (secondary N) is 1. The van der Waals surface area contributed by atoms with Crippen LogP contribution in [0.4, 0.5) is 0 Å². The molecule has 3 rings (SSSR count). The molecule has 1 aromatic heterocycles. The predicted molar refractivity (Wildman–Crippen MR) is 122 cm³/mol. The van der Waals surface area contributed by atoms with Crippen molar-refractivity contribution in [3.05, 3.63) is 52.0 Å². The van der Waals surface area contributed by atoms with Gasteiger partial charge in [0.15, 0.2) is 0 Å². The fraction of sp³-hybridized carbons (Fsp3) is 0.458. The van der Waals surface area contributed by atoms with E-state index in [2.05, 4.69) is 29.1 Å². The zero-order valence-corrected chi connectivity index (χ0v) is 18.7. The Labute approximate surface area is 188 Å². The van der Waals surface area contributed by atoms with Gasteiger partial charge in [-0.3, -0.25) is 9.59 Å². The van der Waals surface area contributed by atoms with Gasteiger partial charge in [-0.15, -0.1) is 11.3 Å². The van der Waals surface area contributed by atoms with Gasteiger partial charge in [0, 0.05) is 55.6 Å². The molecule has 1 aliphatic heterocycles. The van der Waals surface area contributed by atoms with Gasteiger partial charge >= 0.3 is 0 Å². The number of carbonyl (C=O) groups excluding carboxylic acids is 2. The molecule has 1 fully saturated rings. The molecule has 1 N–H and O–H groups in total. The van der Waals surface area contributed by atoms with Gasteiger partial charge in [0.2, 0.25) is 0 Å². The summed E-state index contributed by atoms with van der Waals surface area (Å²) in [7, 11) is 0. The molecular formula is C24H29N3O3S. The number of likely N-dealkylation sites (tertiary alicyclic amines) is 1. The van der Waals surface area contributed by atoms with Crippen LogP contribution in [0, 0.1) is 11.8 Å². The van der Waals surface area contributed by atoms with Crippen molar-refractivity contribution >= 4 is 23.2 Å². The standard InChI is InChI=1S/C24H29N3O3S/c1-2-16-30-17-6-13-25-23(29)21-18-31-24(26-21)20-11-14-27(15-12-20)22(28)10-9-19-7-4-3-5-8-19/h3-5,7-8,18,20H,2,6,11-17H2,1H3,(H,25,29). The smallest absolute Gasteiger partial charge is 0.298 e. The van der Waals surface area contributed by atoms with Gasteiger partial charge in [-0.2, -0.15) is 0 Å². The number of carbonyl (C=O) groups is 2. The highest BCUT2D eigenvalue weighted by Crippen LogP contribution is 2.30. The van der Waals surface area contributed by atoms with Crippen LogP contribution in [0.2, 0.25) is 0 Å². The monoisotopic (exact) mass is 439 g/mol. The number of hydrogen-bond donors (Lipinski definition) is 1. The third kappa shape index (κ3) is 7.20. The Bertz CT molecular complexity index is 909. The number of aromatic nitrogens is 1. The molecular weight excluding hydrogens is 410 g/mol. The van der Waals surface area contributed by atoms with E-state index in [4.69, 9.17) is 4.74 Å². The van der Waals surface area contributed by atoms with Gasteiger partial charge in [0.1, 0.15) is 5.69 Å². The van der Waals surface area contributed by atoms with Crippen LogP contribution in [-0.4, -0.2) is 54.5 Å².